The number of amides is 1. The van der Waals surface area contributed by atoms with Gasteiger partial charge in [-0.3, -0.25) is 4.79 Å². The van der Waals surface area contributed by atoms with Gasteiger partial charge in [-0.15, -0.1) is 0 Å². The summed E-state index contributed by atoms with van der Waals surface area (Å²) in [5.74, 6) is -0.243. The topological polar surface area (TPSA) is 49.3 Å². The minimum Gasteiger partial charge on any atom is -0.391 e. The van der Waals surface area contributed by atoms with Gasteiger partial charge in [0.1, 0.15) is 0 Å². The molecule has 0 fully saturated rings. The molecule has 0 spiro atoms. The normalized spacial score (nSPS) is 13.5. The lowest BCUT2D eigenvalue weighted by Gasteiger charge is -2.22. The minimum atomic E-state index is -0.483. The average molecular weight is 185 g/mol. The van der Waals surface area contributed by atoms with E-state index in [0.29, 0.717) is 13.0 Å². The van der Waals surface area contributed by atoms with Crippen LogP contribution in [0, 0.1) is 5.41 Å². The van der Waals surface area contributed by atoms with E-state index in [2.05, 4.69) is 11.9 Å². The second-order valence-electron chi connectivity index (χ2n) is 4.37. The molecule has 1 amide bonds. The van der Waals surface area contributed by atoms with Crippen LogP contribution in [0.2, 0.25) is 0 Å². The average Bonchev–Trinajstić information content (AvgIpc) is 1.97. The number of aliphatic hydroxyl groups is 1. The first-order valence-electron chi connectivity index (χ1n) is 4.43. The molecule has 0 aromatic carbocycles. The molecule has 0 heterocycles. The van der Waals surface area contributed by atoms with Crippen molar-refractivity contribution in [2.24, 2.45) is 5.41 Å². The third-order valence-corrected chi connectivity index (χ3v) is 1.55. The summed E-state index contributed by atoms with van der Waals surface area (Å²) in [5.41, 5.74) is 0.0817. The molecule has 3 nitrogen and oxygen atoms in total. The number of nitrogens with one attached hydrogen (secondary N) is 1. The molecule has 0 aromatic heterocycles. The fraction of sp³-hybridized carbons (Fsp3) is 0.700. The van der Waals surface area contributed by atoms with Gasteiger partial charge in [-0.25, -0.2) is 0 Å². The number of carbonyl (C=O) groups is 1. The van der Waals surface area contributed by atoms with E-state index in [0.717, 1.165) is 0 Å². The highest BCUT2D eigenvalue weighted by atomic mass is 16.3. The Morgan fingerprint density at radius 2 is 2.15 bits per heavy atom. The van der Waals surface area contributed by atoms with Gasteiger partial charge in [0.25, 0.3) is 0 Å². The van der Waals surface area contributed by atoms with Gasteiger partial charge in [-0.2, -0.15) is 0 Å². The second kappa shape index (κ2) is 5.02. The summed E-state index contributed by atoms with van der Waals surface area (Å²) < 4.78 is 0. The van der Waals surface area contributed by atoms with E-state index in [1.54, 1.807) is 0 Å². The lowest BCUT2D eigenvalue weighted by Crippen LogP contribution is -2.33. The van der Waals surface area contributed by atoms with Crippen LogP contribution in [0.4, 0.5) is 0 Å². The van der Waals surface area contributed by atoms with Gasteiger partial charge in [-0.05, 0) is 17.9 Å². The van der Waals surface area contributed by atoms with E-state index in [-0.39, 0.29) is 11.3 Å². The van der Waals surface area contributed by atoms with Crippen molar-refractivity contribution in [3.8, 4) is 0 Å². The molecule has 0 rings (SSSR count). The number of hydrogen-bond acceptors (Lipinski definition) is 2. The van der Waals surface area contributed by atoms with Crippen LogP contribution in [0.25, 0.3) is 0 Å². The fourth-order valence-corrected chi connectivity index (χ4v) is 1.07. The highest BCUT2D eigenvalue weighted by Gasteiger charge is 2.16. The van der Waals surface area contributed by atoms with Crippen molar-refractivity contribution in [1.29, 1.82) is 0 Å². The van der Waals surface area contributed by atoms with Crippen molar-refractivity contribution in [2.45, 2.75) is 33.3 Å². The first-order valence-corrected chi connectivity index (χ1v) is 4.43. The SMILES string of the molecule is C=CC(=O)NCC(O)CC(C)(C)C. The summed E-state index contributed by atoms with van der Waals surface area (Å²) in [4.78, 5) is 10.7. The molecule has 0 saturated carbocycles. The molecule has 0 radical (unpaired) electrons. The Morgan fingerprint density at radius 3 is 2.54 bits per heavy atom. The molecule has 13 heavy (non-hydrogen) atoms. The van der Waals surface area contributed by atoms with Gasteiger partial charge < -0.3 is 10.4 Å². The van der Waals surface area contributed by atoms with Crippen LogP contribution in [0.3, 0.4) is 0 Å². The first kappa shape index (κ1) is 12.2. The second-order valence-corrected chi connectivity index (χ2v) is 4.37. The zero-order chi connectivity index (χ0) is 10.5. The zero-order valence-corrected chi connectivity index (χ0v) is 8.63. The summed E-state index contributed by atoms with van der Waals surface area (Å²) in [6.07, 6.45) is 1.39. The standard InChI is InChI=1S/C10H19NO2/c1-5-9(13)11-7-8(12)6-10(2,3)4/h5,8,12H,1,6-7H2,2-4H3,(H,11,13). The zero-order valence-electron chi connectivity index (χ0n) is 8.63. The van der Waals surface area contributed by atoms with Crippen LogP contribution >= 0.6 is 0 Å². The lowest BCUT2D eigenvalue weighted by molar-refractivity contribution is -0.117. The fourth-order valence-electron chi connectivity index (χ4n) is 1.07. The van der Waals surface area contributed by atoms with Crippen LogP contribution in [0.1, 0.15) is 27.2 Å². The molecule has 2 N–H and O–H groups in total. The number of aliphatic hydroxyl groups excluding tert-OH is 1. The molecule has 1 atom stereocenters. The highest BCUT2D eigenvalue weighted by Crippen LogP contribution is 2.20. The van der Waals surface area contributed by atoms with Crippen molar-refractivity contribution in [2.75, 3.05) is 6.54 Å². The molecule has 0 aliphatic rings. The van der Waals surface area contributed by atoms with Gasteiger partial charge in [0.05, 0.1) is 6.10 Å². The van der Waals surface area contributed by atoms with Crippen molar-refractivity contribution in [3.63, 3.8) is 0 Å². The van der Waals surface area contributed by atoms with Crippen molar-refractivity contribution in [1.82, 2.24) is 5.32 Å². The Balaban J connectivity index is 3.69. The monoisotopic (exact) mass is 185 g/mol. The Labute approximate surface area is 79.8 Å². The summed E-state index contributed by atoms with van der Waals surface area (Å²) in [5, 5.41) is 12.0. The molecule has 0 aliphatic carbocycles. The van der Waals surface area contributed by atoms with Gasteiger partial charge in [0.15, 0.2) is 0 Å². The largest absolute Gasteiger partial charge is 0.391 e. The van der Waals surface area contributed by atoms with Crippen LogP contribution in [-0.2, 0) is 4.79 Å². The van der Waals surface area contributed by atoms with E-state index in [4.69, 9.17) is 0 Å². The van der Waals surface area contributed by atoms with Gasteiger partial charge >= 0.3 is 0 Å². The van der Waals surface area contributed by atoms with E-state index >= 15 is 0 Å². The van der Waals surface area contributed by atoms with Crippen LogP contribution in [-0.4, -0.2) is 23.7 Å². The van der Waals surface area contributed by atoms with Crippen LogP contribution < -0.4 is 5.32 Å². The Bertz CT molecular complexity index is 182. The van der Waals surface area contributed by atoms with Crippen molar-refractivity contribution in [3.05, 3.63) is 12.7 Å². The molecule has 76 valence electrons. The quantitative estimate of drug-likeness (QED) is 0.644. The van der Waals surface area contributed by atoms with Gasteiger partial charge in [0.2, 0.25) is 5.91 Å². The van der Waals surface area contributed by atoms with E-state index < -0.39 is 6.10 Å². The molecule has 3 heteroatoms. The van der Waals surface area contributed by atoms with E-state index in [9.17, 15) is 9.90 Å². The summed E-state index contributed by atoms with van der Waals surface area (Å²) in [6, 6.07) is 0. The summed E-state index contributed by atoms with van der Waals surface area (Å²) in [7, 11) is 0. The molecular formula is C10H19NO2. The van der Waals surface area contributed by atoms with E-state index in [1.807, 2.05) is 20.8 Å². The Kier molecular flexibility index (Phi) is 4.70. The maximum atomic E-state index is 10.7. The van der Waals surface area contributed by atoms with Gasteiger partial charge in [-0.1, -0.05) is 27.4 Å². The predicted octanol–water partition coefficient (Wildman–Crippen LogP) is 1.09. The minimum absolute atomic E-state index is 0.0817. The van der Waals surface area contributed by atoms with E-state index in [1.165, 1.54) is 6.08 Å². The predicted molar refractivity (Wildman–Crippen MR) is 53.3 cm³/mol. The van der Waals surface area contributed by atoms with Crippen molar-refractivity contribution < 1.29 is 9.90 Å². The maximum absolute atomic E-state index is 10.7. The molecular weight excluding hydrogens is 166 g/mol. The summed E-state index contributed by atoms with van der Waals surface area (Å²) >= 11 is 0. The third-order valence-electron chi connectivity index (χ3n) is 1.55. The maximum Gasteiger partial charge on any atom is 0.243 e. The van der Waals surface area contributed by atoms with Crippen LogP contribution in [0.15, 0.2) is 12.7 Å². The Morgan fingerprint density at radius 1 is 1.62 bits per heavy atom. The molecule has 0 bridgehead atoms. The third kappa shape index (κ3) is 7.53. The summed E-state index contributed by atoms with van der Waals surface area (Å²) in [6.45, 7) is 9.75. The molecule has 0 aromatic rings. The number of carbonyl (C=O) groups excluding carboxylic acids is 1. The molecule has 0 saturated heterocycles. The smallest absolute Gasteiger partial charge is 0.243 e. The lowest BCUT2D eigenvalue weighted by atomic mass is 9.89. The van der Waals surface area contributed by atoms with Gasteiger partial charge in [0, 0.05) is 6.54 Å². The number of rotatable bonds is 4. The Hall–Kier alpha value is -0.830. The number of hydrogen-bond donors (Lipinski definition) is 2. The van der Waals surface area contributed by atoms with Crippen LogP contribution in [0.5, 0.6) is 0 Å². The molecule has 0 aliphatic heterocycles. The first-order chi connectivity index (χ1) is 5.85. The molecule has 1 unspecified atom stereocenters. The highest BCUT2D eigenvalue weighted by molar-refractivity contribution is 5.86. The van der Waals surface area contributed by atoms with Crippen molar-refractivity contribution >= 4 is 5.91 Å².